The van der Waals surface area contributed by atoms with Crippen molar-refractivity contribution in [2.24, 2.45) is 0 Å². The summed E-state index contributed by atoms with van der Waals surface area (Å²) in [5.41, 5.74) is 0.760. The number of hydrogen-bond donors (Lipinski definition) is 2. The Morgan fingerprint density at radius 2 is 2.12 bits per heavy atom. The summed E-state index contributed by atoms with van der Waals surface area (Å²) in [6.45, 7) is 0. The van der Waals surface area contributed by atoms with E-state index in [1.54, 1.807) is 18.2 Å². The van der Waals surface area contributed by atoms with E-state index in [2.05, 4.69) is 4.98 Å². The molecule has 1 heterocycles. The molecule has 0 aliphatic rings. The van der Waals surface area contributed by atoms with Crippen molar-refractivity contribution < 1.29 is 19.4 Å². The minimum atomic E-state index is -1.47. The van der Waals surface area contributed by atoms with Crippen molar-refractivity contribution in [3.8, 4) is 5.75 Å². The summed E-state index contributed by atoms with van der Waals surface area (Å²) in [7, 11) is 1.51. The Kier molecular flexibility index (Phi) is 2.36. The molecule has 0 amide bonds. The fourth-order valence-corrected chi connectivity index (χ4v) is 1.60. The average molecular weight is 219 g/mol. The number of hydrogen-bond acceptors (Lipinski definition) is 3. The Morgan fingerprint density at radius 3 is 2.75 bits per heavy atom. The van der Waals surface area contributed by atoms with Crippen LogP contribution in [0.4, 0.5) is 0 Å². The fraction of sp³-hybridized carbons (Fsp3) is 0.0909. The van der Waals surface area contributed by atoms with E-state index in [4.69, 9.17) is 9.84 Å². The first-order valence-corrected chi connectivity index (χ1v) is 4.57. The number of carbonyl (C=O) groups is 2. The standard InChI is InChI=1S/C11H9NO4/c1-16-8-4-2-3-6-7(5-12-9(6)8)10(13)11(14)15/h2-5,12H,1H3,(H,14,15). The van der Waals surface area contributed by atoms with E-state index in [1.165, 1.54) is 13.3 Å². The second-order valence-corrected chi connectivity index (χ2v) is 3.22. The number of H-pyrrole nitrogens is 1. The molecule has 1 aromatic heterocycles. The van der Waals surface area contributed by atoms with Gasteiger partial charge in [-0.15, -0.1) is 0 Å². The first kappa shape index (κ1) is 10.2. The SMILES string of the molecule is COc1cccc2c(C(=O)C(=O)O)c[nH]c12. The van der Waals surface area contributed by atoms with Gasteiger partial charge in [0, 0.05) is 11.6 Å². The highest BCUT2D eigenvalue weighted by atomic mass is 16.5. The topological polar surface area (TPSA) is 79.4 Å². The molecule has 16 heavy (non-hydrogen) atoms. The van der Waals surface area contributed by atoms with Crippen LogP contribution in [0.15, 0.2) is 24.4 Å². The molecule has 0 aliphatic heterocycles. The number of aliphatic carboxylic acids is 1. The summed E-state index contributed by atoms with van der Waals surface area (Å²) in [5.74, 6) is -1.83. The third kappa shape index (κ3) is 1.42. The molecule has 0 fully saturated rings. The summed E-state index contributed by atoms with van der Waals surface area (Å²) in [4.78, 5) is 24.8. The number of aromatic amines is 1. The van der Waals surface area contributed by atoms with Gasteiger partial charge in [-0.2, -0.15) is 0 Å². The van der Waals surface area contributed by atoms with Crippen LogP contribution in [0.3, 0.4) is 0 Å². The predicted molar refractivity (Wildman–Crippen MR) is 56.8 cm³/mol. The molecule has 0 radical (unpaired) electrons. The molecular weight excluding hydrogens is 210 g/mol. The van der Waals surface area contributed by atoms with E-state index in [9.17, 15) is 9.59 Å². The number of benzene rings is 1. The largest absolute Gasteiger partial charge is 0.495 e. The molecule has 0 saturated carbocycles. The van der Waals surface area contributed by atoms with Gasteiger partial charge in [-0.25, -0.2) is 4.79 Å². The molecular formula is C11H9NO4. The number of carboxylic acids is 1. The number of carboxylic acid groups (broad SMARTS) is 1. The molecule has 0 aliphatic carbocycles. The minimum Gasteiger partial charge on any atom is -0.495 e. The van der Waals surface area contributed by atoms with E-state index in [-0.39, 0.29) is 5.56 Å². The molecule has 1 aromatic carbocycles. The lowest BCUT2D eigenvalue weighted by atomic mass is 10.1. The van der Waals surface area contributed by atoms with Crippen LogP contribution < -0.4 is 4.74 Å². The number of para-hydroxylation sites is 1. The number of carbonyl (C=O) groups excluding carboxylic acids is 1. The number of ketones is 1. The third-order valence-corrected chi connectivity index (χ3v) is 2.34. The Morgan fingerprint density at radius 1 is 1.38 bits per heavy atom. The van der Waals surface area contributed by atoms with Crippen molar-refractivity contribution in [2.75, 3.05) is 7.11 Å². The van der Waals surface area contributed by atoms with Gasteiger partial charge in [-0.05, 0) is 6.07 Å². The van der Waals surface area contributed by atoms with Gasteiger partial charge in [-0.3, -0.25) is 4.79 Å². The lowest BCUT2D eigenvalue weighted by molar-refractivity contribution is -0.131. The van der Waals surface area contributed by atoms with E-state index < -0.39 is 11.8 Å². The number of rotatable bonds is 3. The Balaban J connectivity index is 2.66. The molecule has 0 atom stereocenters. The maximum atomic E-state index is 11.4. The third-order valence-electron chi connectivity index (χ3n) is 2.34. The minimum absolute atomic E-state index is 0.140. The van der Waals surface area contributed by atoms with Crippen molar-refractivity contribution in [1.82, 2.24) is 4.98 Å². The van der Waals surface area contributed by atoms with Crippen LogP contribution in [0.1, 0.15) is 10.4 Å². The molecule has 82 valence electrons. The highest BCUT2D eigenvalue weighted by Gasteiger charge is 2.19. The van der Waals surface area contributed by atoms with Gasteiger partial charge in [0.1, 0.15) is 5.75 Å². The summed E-state index contributed by atoms with van der Waals surface area (Å²) in [6, 6.07) is 5.10. The van der Waals surface area contributed by atoms with Crippen LogP contribution >= 0.6 is 0 Å². The van der Waals surface area contributed by atoms with Gasteiger partial charge >= 0.3 is 5.97 Å². The van der Waals surface area contributed by atoms with Crippen LogP contribution in [0, 0.1) is 0 Å². The zero-order chi connectivity index (χ0) is 11.7. The molecule has 5 nitrogen and oxygen atoms in total. The highest BCUT2D eigenvalue weighted by Crippen LogP contribution is 2.27. The first-order chi connectivity index (χ1) is 7.65. The Hall–Kier alpha value is -2.30. The molecule has 2 aromatic rings. The highest BCUT2D eigenvalue weighted by molar-refractivity contribution is 6.42. The number of ether oxygens (including phenoxy) is 1. The monoisotopic (exact) mass is 219 g/mol. The van der Waals surface area contributed by atoms with Gasteiger partial charge in [-0.1, -0.05) is 12.1 Å². The molecule has 5 heteroatoms. The quantitative estimate of drug-likeness (QED) is 0.604. The predicted octanol–water partition coefficient (Wildman–Crippen LogP) is 1.44. The van der Waals surface area contributed by atoms with Crippen LogP contribution in [0.25, 0.3) is 10.9 Å². The van der Waals surface area contributed by atoms with Crippen molar-refractivity contribution in [1.29, 1.82) is 0 Å². The number of nitrogens with one attached hydrogen (secondary N) is 1. The summed E-state index contributed by atoms with van der Waals surface area (Å²) >= 11 is 0. The fourth-order valence-electron chi connectivity index (χ4n) is 1.60. The van der Waals surface area contributed by atoms with Gasteiger partial charge in [0.05, 0.1) is 18.2 Å². The summed E-state index contributed by atoms with van der Waals surface area (Å²) < 4.78 is 5.09. The molecule has 0 unspecified atom stereocenters. The van der Waals surface area contributed by atoms with E-state index >= 15 is 0 Å². The first-order valence-electron chi connectivity index (χ1n) is 4.57. The summed E-state index contributed by atoms with van der Waals surface area (Å²) in [5, 5.41) is 9.19. The molecule has 0 saturated heterocycles. The molecule has 2 rings (SSSR count). The van der Waals surface area contributed by atoms with Gasteiger partial charge in [0.2, 0.25) is 0 Å². The smallest absolute Gasteiger partial charge is 0.377 e. The average Bonchev–Trinajstić information content (AvgIpc) is 2.71. The number of Topliss-reactive ketones (excluding diaryl/α,β-unsaturated/α-hetero) is 1. The lowest BCUT2D eigenvalue weighted by Gasteiger charge is -2.00. The van der Waals surface area contributed by atoms with E-state index in [0.717, 1.165) is 0 Å². The molecule has 0 spiro atoms. The second kappa shape index (κ2) is 3.69. The zero-order valence-electron chi connectivity index (χ0n) is 8.48. The number of fused-ring (bicyclic) bond motifs is 1. The van der Waals surface area contributed by atoms with Crippen LogP contribution in [-0.2, 0) is 4.79 Å². The van der Waals surface area contributed by atoms with Gasteiger partial charge in [0.15, 0.2) is 0 Å². The van der Waals surface area contributed by atoms with Crippen molar-refractivity contribution in [3.63, 3.8) is 0 Å². The van der Waals surface area contributed by atoms with Crippen LogP contribution in [-0.4, -0.2) is 29.0 Å². The zero-order valence-corrected chi connectivity index (χ0v) is 8.48. The van der Waals surface area contributed by atoms with Crippen LogP contribution in [0.2, 0.25) is 0 Å². The van der Waals surface area contributed by atoms with Crippen molar-refractivity contribution in [2.45, 2.75) is 0 Å². The van der Waals surface area contributed by atoms with E-state index in [0.29, 0.717) is 16.7 Å². The van der Waals surface area contributed by atoms with Gasteiger partial charge < -0.3 is 14.8 Å². The van der Waals surface area contributed by atoms with Crippen molar-refractivity contribution in [3.05, 3.63) is 30.0 Å². The lowest BCUT2D eigenvalue weighted by Crippen LogP contribution is -2.11. The maximum absolute atomic E-state index is 11.4. The maximum Gasteiger partial charge on any atom is 0.377 e. The number of aromatic nitrogens is 1. The Labute approximate surface area is 90.6 Å². The second-order valence-electron chi connectivity index (χ2n) is 3.22. The number of methoxy groups -OCH3 is 1. The van der Waals surface area contributed by atoms with Crippen LogP contribution in [0.5, 0.6) is 5.75 Å². The van der Waals surface area contributed by atoms with Crippen molar-refractivity contribution >= 4 is 22.7 Å². The molecule has 0 bridgehead atoms. The summed E-state index contributed by atoms with van der Waals surface area (Å²) in [6.07, 6.45) is 1.38. The van der Waals surface area contributed by atoms with E-state index in [1.807, 2.05) is 0 Å². The van der Waals surface area contributed by atoms with Gasteiger partial charge in [0.25, 0.3) is 5.78 Å². The molecule has 2 N–H and O–H groups in total. The Bertz CT molecular complexity index is 570. The normalized spacial score (nSPS) is 10.3.